The first-order chi connectivity index (χ1) is 10.8. The van der Waals surface area contributed by atoms with Crippen LogP contribution in [-0.4, -0.2) is 31.6 Å². The van der Waals surface area contributed by atoms with Crippen LogP contribution in [0.4, 0.5) is 5.82 Å². The van der Waals surface area contributed by atoms with Crippen molar-refractivity contribution in [2.24, 2.45) is 0 Å². The predicted octanol–water partition coefficient (Wildman–Crippen LogP) is 2.35. The Kier molecular flexibility index (Phi) is 2.92. The second-order valence-electron chi connectivity index (χ2n) is 5.44. The SMILES string of the molecule is COc1cnc2ncnc(NC3CC(C)n4ccnc43)c2c1. The van der Waals surface area contributed by atoms with Crippen LogP contribution in [0.3, 0.4) is 0 Å². The Morgan fingerprint density at radius 1 is 1.27 bits per heavy atom. The molecule has 7 nitrogen and oxygen atoms in total. The molecule has 1 aliphatic heterocycles. The normalized spacial score (nSPS) is 20.1. The van der Waals surface area contributed by atoms with Gasteiger partial charge in [0.15, 0.2) is 5.65 Å². The van der Waals surface area contributed by atoms with Crippen molar-refractivity contribution >= 4 is 16.9 Å². The molecule has 0 saturated heterocycles. The minimum atomic E-state index is 0.134. The van der Waals surface area contributed by atoms with Gasteiger partial charge in [-0.05, 0) is 19.4 Å². The molecule has 112 valence electrons. The average molecular weight is 296 g/mol. The summed E-state index contributed by atoms with van der Waals surface area (Å²) < 4.78 is 7.44. The summed E-state index contributed by atoms with van der Waals surface area (Å²) in [6.07, 6.45) is 8.01. The molecular formula is C15H16N6O. The molecule has 0 radical (unpaired) electrons. The average Bonchev–Trinajstić information content (AvgIpc) is 3.13. The Labute approximate surface area is 127 Å². The zero-order valence-corrected chi connectivity index (χ0v) is 12.4. The van der Waals surface area contributed by atoms with Crippen molar-refractivity contribution in [1.29, 1.82) is 0 Å². The van der Waals surface area contributed by atoms with E-state index in [0.29, 0.717) is 17.4 Å². The summed E-state index contributed by atoms with van der Waals surface area (Å²) in [4.78, 5) is 17.3. The number of imidazole rings is 1. The van der Waals surface area contributed by atoms with E-state index in [1.807, 2.05) is 18.5 Å². The number of ether oxygens (including phenoxy) is 1. The van der Waals surface area contributed by atoms with E-state index in [-0.39, 0.29) is 6.04 Å². The van der Waals surface area contributed by atoms with Gasteiger partial charge in [-0.1, -0.05) is 0 Å². The number of aromatic nitrogens is 5. The fourth-order valence-corrected chi connectivity index (χ4v) is 2.97. The van der Waals surface area contributed by atoms with E-state index in [1.165, 1.54) is 6.33 Å². The maximum absolute atomic E-state index is 5.25. The lowest BCUT2D eigenvalue weighted by Gasteiger charge is -2.14. The third-order valence-corrected chi connectivity index (χ3v) is 4.07. The van der Waals surface area contributed by atoms with Crippen molar-refractivity contribution in [2.75, 3.05) is 12.4 Å². The first kappa shape index (κ1) is 13.0. The minimum absolute atomic E-state index is 0.134. The van der Waals surface area contributed by atoms with Gasteiger partial charge in [-0.2, -0.15) is 0 Å². The molecule has 1 aliphatic rings. The Morgan fingerprint density at radius 3 is 3.05 bits per heavy atom. The Morgan fingerprint density at radius 2 is 2.18 bits per heavy atom. The van der Waals surface area contributed by atoms with Gasteiger partial charge in [0.2, 0.25) is 0 Å². The zero-order valence-electron chi connectivity index (χ0n) is 12.4. The number of anilines is 1. The number of nitrogens with zero attached hydrogens (tertiary/aromatic N) is 5. The molecule has 1 N–H and O–H groups in total. The number of methoxy groups -OCH3 is 1. The second kappa shape index (κ2) is 4.94. The third kappa shape index (κ3) is 1.97. The Balaban J connectivity index is 1.73. The van der Waals surface area contributed by atoms with Crippen molar-refractivity contribution in [3.05, 3.63) is 36.8 Å². The molecule has 22 heavy (non-hydrogen) atoms. The van der Waals surface area contributed by atoms with Gasteiger partial charge < -0.3 is 14.6 Å². The lowest BCUT2D eigenvalue weighted by molar-refractivity contribution is 0.413. The minimum Gasteiger partial charge on any atom is -0.495 e. The molecule has 0 saturated carbocycles. The Bertz CT molecular complexity index is 830. The second-order valence-corrected chi connectivity index (χ2v) is 5.44. The monoisotopic (exact) mass is 296 g/mol. The van der Waals surface area contributed by atoms with Crippen LogP contribution in [0.1, 0.15) is 31.3 Å². The van der Waals surface area contributed by atoms with Gasteiger partial charge in [0.05, 0.1) is 24.7 Å². The van der Waals surface area contributed by atoms with Crippen molar-refractivity contribution in [3.63, 3.8) is 0 Å². The van der Waals surface area contributed by atoms with Crippen LogP contribution in [0, 0.1) is 0 Å². The molecule has 0 amide bonds. The third-order valence-electron chi connectivity index (χ3n) is 4.07. The van der Waals surface area contributed by atoms with Crippen LogP contribution < -0.4 is 10.1 Å². The number of pyridine rings is 1. The summed E-state index contributed by atoms with van der Waals surface area (Å²) in [6, 6.07) is 2.46. The molecule has 2 atom stereocenters. The number of fused-ring (bicyclic) bond motifs is 2. The number of nitrogens with one attached hydrogen (secondary N) is 1. The van der Waals surface area contributed by atoms with Crippen LogP contribution in [0.25, 0.3) is 11.0 Å². The van der Waals surface area contributed by atoms with Gasteiger partial charge in [-0.15, -0.1) is 0 Å². The van der Waals surface area contributed by atoms with Crippen molar-refractivity contribution in [1.82, 2.24) is 24.5 Å². The van der Waals surface area contributed by atoms with Gasteiger partial charge in [-0.3, -0.25) is 0 Å². The summed E-state index contributed by atoms with van der Waals surface area (Å²) in [5.41, 5.74) is 0.646. The van der Waals surface area contributed by atoms with Crippen LogP contribution in [0.5, 0.6) is 5.75 Å². The molecule has 0 bridgehead atoms. The van der Waals surface area contributed by atoms with Crippen molar-refractivity contribution in [3.8, 4) is 5.75 Å². The summed E-state index contributed by atoms with van der Waals surface area (Å²) in [5, 5.41) is 4.32. The van der Waals surface area contributed by atoms with Crippen LogP contribution in [-0.2, 0) is 0 Å². The fourth-order valence-electron chi connectivity index (χ4n) is 2.97. The summed E-state index contributed by atoms with van der Waals surface area (Å²) in [7, 11) is 1.62. The van der Waals surface area contributed by atoms with Gasteiger partial charge in [0.1, 0.15) is 23.7 Å². The highest BCUT2D eigenvalue weighted by Crippen LogP contribution is 2.36. The molecule has 0 aromatic carbocycles. The number of hydrogen-bond acceptors (Lipinski definition) is 6. The summed E-state index contributed by atoms with van der Waals surface area (Å²) in [5.74, 6) is 2.48. The molecule has 4 heterocycles. The molecule has 4 rings (SSSR count). The summed E-state index contributed by atoms with van der Waals surface area (Å²) in [6.45, 7) is 2.19. The maximum atomic E-state index is 5.25. The van der Waals surface area contributed by atoms with Gasteiger partial charge in [0.25, 0.3) is 0 Å². The molecular weight excluding hydrogens is 280 g/mol. The van der Waals surface area contributed by atoms with E-state index in [1.54, 1.807) is 13.3 Å². The van der Waals surface area contributed by atoms with Crippen molar-refractivity contribution < 1.29 is 4.74 Å². The molecule has 0 aliphatic carbocycles. The summed E-state index contributed by atoms with van der Waals surface area (Å²) >= 11 is 0. The predicted molar refractivity (Wildman–Crippen MR) is 81.8 cm³/mol. The van der Waals surface area contributed by atoms with E-state index in [9.17, 15) is 0 Å². The van der Waals surface area contributed by atoms with E-state index in [2.05, 4.69) is 36.7 Å². The lowest BCUT2D eigenvalue weighted by Crippen LogP contribution is -2.10. The molecule has 0 spiro atoms. The highest BCUT2D eigenvalue weighted by molar-refractivity contribution is 5.87. The van der Waals surface area contributed by atoms with Crippen LogP contribution >= 0.6 is 0 Å². The van der Waals surface area contributed by atoms with Crippen LogP contribution in [0.15, 0.2) is 31.0 Å². The van der Waals surface area contributed by atoms with Gasteiger partial charge in [-0.25, -0.2) is 19.9 Å². The molecule has 7 heteroatoms. The van der Waals surface area contributed by atoms with Crippen molar-refractivity contribution in [2.45, 2.75) is 25.4 Å². The highest BCUT2D eigenvalue weighted by atomic mass is 16.5. The smallest absolute Gasteiger partial charge is 0.164 e. The standard InChI is InChI=1S/C15H16N6O/c1-9-5-12(15-16-3-4-21(9)15)20-14-11-6-10(22-2)7-17-13(11)18-8-19-14/h3-4,6-9,12H,5H2,1-2H3,(H,17,18,19,20). The fraction of sp³-hybridized carbons (Fsp3) is 0.333. The number of hydrogen-bond donors (Lipinski definition) is 1. The van der Waals surface area contributed by atoms with E-state index >= 15 is 0 Å². The van der Waals surface area contributed by atoms with Gasteiger partial charge >= 0.3 is 0 Å². The van der Waals surface area contributed by atoms with E-state index in [0.717, 1.165) is 23.4 Å². The number of rotatable bonds is 3. The van der Waals surface area contributed by atoms with E-state index < -0.39 is 0 Å². The maximum Gasteiger partial charge on any atom is 0.164 e. The first-order valence-electron chi connectivity index (χ1n) is 7.20. The molecule has 3 aromatic heterocycles. The lowest BCUT2D eigenvalue weighted by atomic mass is 10.1. The largest absolute Gasteiger partial charge is 0.495 e. The first-order valence-corrected chi connectivity index (χ1v) is 7.20. The molecule has 3 aromatic rings. The molecule has 0 fully saturated rings. The van der Waals surface area contributed by atoms with E-state index in [4.69, 9.17) is 4.74 Å². The molecule has 2 unspecified atom stereocenters. The van der Waals surface area contributed by atoms with Gasteiger partial charge in [0, 0.05) is 18.4 Å². The Hall–Kier alpha value is -2.70. The quantitative estimate of drug-likeness (QED) is 0.799. The topological polar surface area (TPSA) is 77.8 Å². The van der Waals surface area contributed by atoms with Crippen LogP contribution in [0.2, 0.25) is 0 Å². The zero-order chi connectivity index (χ0) is 15.1. The highest BCUT2D eigenvalue weighted by Gasteiger charge is 2.29.